The number of aromatic nitrogens is 2. The van der Waals surface area contributed by atoms with Gasteiger partial charge in [-0.05, 0) is 23.1 Å². The molecule has 2 N–H and O–H groups in total. The Balaban J connectivity index is 0.00000280. The van der Waals surface area contributed by atoms with Crippen LogP contribution in [0.3, 0.4) is 0 Å². The van der Waals surface area contributed by atoms with Gasteiger partial charge >= 0.3 is 0 Å². The first-order valence-corrected chi connectivity index (χ1v) is 9.35. The largest absolute Gasteiger partial charge is 0.352 e. The maximum Gasteiger partial charge on any atom is 0.191 e. The van der Waals surface area contributed by atoms with Crippen molar-refractivity contribution < 1.29 is 0 Å². The molecule has 148 valence electrons. The van der Waals surface area contributed by atoms with Gasteiger partial charge in [0.05, 0.1) is 6.54 Å². The number of imidazole rings is 1. The van der Waals surface area contributed by atoms with Crippen molar-refractivity contribution in [1.82, 2.24) is 20.2 Å². The van der Waals surface area contributed by atoms with Gasteiger partial charge in [0.15, 0.2) is 5.96 Å². The van der Waals surface area contributed by atoms with Gasteiger partial charge in [-0.1, -0.05) is 61.5 Å². The van der Waals surface area contributed by atoms with E-state index in [1.807, 2.05) is 18.5 Å². The summed E-state index contributed by atoms with van der Waals surface area (Å²) in [6, 6.07) is 18.9. The summed E-state index contributed by atoms with van der Waals surface area (Å²) < 4.78 is 2.15. The lowest BCUT2D eigenvalue weighted by Crippen LogP contribution is -2.37. The fraction of sp³-hybridized carbons (Fsp3) is 0.273. The second-order valence-electron chi connectivity index (χ2n) is 6.36. The number of halogens is 1. The Labute approximate surface area is 184 Å². The molecule has 0 aliphatic carbocycles. The lowest BCUT2D eigenvalue weighted by molar-refractivity contribution is 0.687. The zero-order valence-corrected chi connectivity index (χ0v) is 18.8. The number of hydrogen-bond donors (Lipinski definition) is 2. The topological polar surface area (TPSA) is 54.2 Å². The highest BCUT2D eigenvalue weighted by atomic mass is 127. The molecule has 5 nitrogen and oxygen atoms in total. The van der Waals surface area contributed by atoms with E-state index in [1.54, 1.807) is 7.05 Å². The van der Waals surface area contributed by atoms with Crippen molar-refractivity contribution >= 4 is 29.9 Å². The van der Waals surface area contributed by atoms with Gasteiger partial charge < -0.3 is 15.2 Å². The van der Waals surface area contributed by atoms with Gasteiger partial charge in [0.2, 0.25) is 0 Å². The number of nitrogens with zero attached hydrogens (tertiary/aromatic N) is 3. The van der Waals surface area contributed by atoms with E-state index < -0.39 is 0 Å². The van der Waals surface area contributed by atoms with Crippen LogP contribution in [0.25, 0.3) is 0 Å². The highest BCUT2D eigenvalue weighted by Crippen LogP contribution is 2.09. The number of benzene rings is 2. The quantitative estimate of drug-likeness (QED) is 0.300. The van der Waals surface area contributed by atoms with Gasteiger partial charge in [-0.3, -0.25) is 4.99 Å². The molecule has 6 heteroatoms. The molecule has 3 rings (SSSR count). The van der Waals surface area contributed by atoms with Crippen LogP contribution < -0.4 is 10.6 Å². The van der Waals surface area contributed by atoms with Crippen molar-refractivity contribution in [2.45, 2.75) is 33.0 Å². The van der Waals surface area contributed by atoms with Gasteiger partial charge in [0.1, 0.15) is 5.82 Å². The molecule has 28 heavy (non-hydrogen) atoms. The summed E-state index contributed by atoms with van der Waals surface area (Å²) in [6.07, 6.45) is 4.88. The molecule has 0 unspecified atom stereocenters. The minimum atomic E-state index is 0. The lowest BCUT2D eigenvalue weighted by atomic mass is 10.1. The first-order valence-electron chi connectivity index (χ1n) is 9.35. The zero-order chi connectivity index (χ0) is 18.9. The molecule has 0 bridgehead atoms. The zero-order valence-electron chi connectivity index (χ0n) is 16.4. The summed E-state index contributed by atoms with van der Waals surface area (Å²) >= 11 is 0. The third-order valence-corrected chi connectivity index (χ3v) is 4.58. The fourth-order valence-electron chi connectivity index (χ4n) is 3.07. The SMILES string of the molecule is CCc1ccccc1CNC(=NC)NCc1nccn1Cc1ccccc1.I. The van der Waals surface area contributed by atoms with Crippen molar-refractivity contribution in [2.24, 2.45) is 4.99 Å². The predicted octanol–water partition coefficient (Wildman–Crippen LogP) is 3.98. The molecule has 0 atom stereocenters. The average Bonchev–Trinajstić information content (AvgIpc) is 3.16. The predicted molar refractivity (Wildman–Crippen MR) is 126 cm³/mol. The van der Waals surface area contributed by atoms with E-state index in [0.717, 1.165) is 31.3 Å². The van der Waals surface area contributed by atoms with Crippen molar-refractivity contribution in [2.75, 3.05) is 7.05 Å². The molecule has 1 aromatic heterocycles. The Bertz CT molecular complexity index is 873. The molecule has 1 heterocycles. The summed E-state index contributed by atoms with van der Waals surface area (Å²) in [5.74, 6) is 1.76. The van der Waals surface area contributed by atoms with Crippen molar-refractivity contribution in [3.8, 4) is 0 Å². The van der Waals surface area contributed by atoms with E-state index in [9.17, 15) is 0 Å². The van der Waals surface area contributed by atoms with Crippen molar-refractivity contribution in [3.63, 3.8) is 0 Å². The van der Waals surface area contributed by atoms with Crippen molar-refractivity contribution in [3.05, 3.63) is 89.5 Å². The van der Waals surface area contributed by atoms with Gasteiger partial charge in [-0.2, -0.15) is 0 Å². The van der Waals surface area contributed by atoms with E-state index in [4.69, 9.17) is 0 Å². The van der Waals surface area contributed by atoms with Crippen LogP contribution in [0.5, 0.6) is 0 Å². The Kier molecular flexibility index (Phi) is 9.00. The van der Waals surface area contributed by atoms with Crippen LogP contribution in [0.4, 0.5) is 0 Å². The second kappa shape index (κ2) is 11.5. The first kappa shape index (κ1) is 21.9. The maximum absolute atomic E-state index is 4.48. The van der Waals surface area contributed by atoms with E-state index in [2.05, 4.69) is 80.6 Å². The van der Waals surface area contributed by atoms with Crippen LogP contribution in [0.2, 0.25) is 0 Å². The van der Waals surface area contributed by atoms with Crippen LogP contribution in [0.15, 0.2) is 72.0 Å². The molecule has 0 saturated carbocycles. The molecular weight excluding hydrogens is 461 g/mol. The Morgan fingerprint density at radius 1 is 0.964 bits per heavy atom. The van der Waals surface area contributed by atoms with Crippen LogP contribution in [0.1, 0.15) is 29.4 Å². The Morgan fingerprint density at radius 2 is 1.64 bits per heavy atom. The molecule has 3 aromatic rings. The van der Waals surface area contributed by atoms with Crippen LogP contribution in [-0.4, -0.2) is 22.6 Å². The monoisotopic (exact) mass is 489 g/mol. The highest BCUT2D eigenvalue weighted by molar-refractivity contribution is 14.0. The molecule has 0 aliphatic rings. The van der Waals surface area contributed by atoms with Crippen LogP contribution in [-0.2, 0) is 26.1 Å². The molecule has 0 amide bonds. The Morgan fingerprint density at radius 3 is 2.36 bits per heavy atom. The fourth-order valence-corrected chi connectivity index (χ4v) is 3.07. The molecule has 0 fully saturated rings. The summed E-state index contributed by atoms with van der Waals surface area (Å²) in [7, 11) is 1.79. The molecular formula is C22H28IN5. The van der Waals surface area contributed by atoms with E-state index in [-0.39, 0.29) is 24.0 Å². The average molecular weight is 489 g/mol. The number of hydrogen-bond acceptors (Lipinski definition) is 2. The molecule has 0 spiro atoms. The number of nitrogens with one attached hydrogen (secondary N) is 2. The van der Waals surface area contributed by atoms with E-state index >= 15 is 0 Å². The minimum absolute atomic E-state index is 0. The lowest BCUT2D eigenvalue weighted by Gasteiger charge is -2.14. The smallest absolute Gasteiger partial charge is 0.191 e. The number of aryl methyl sites for hydroxylation is 1. The van der Waals surface area contributed by atoms with Gasteiger partial charge in [-0.15, -0.1) is 24.0 Å². The third-order valence-electron chi connectivity index (χ3n) is 4.58. The van der Waals surface area contributed by atoms with Gasteiger partial charge in [-0.25, -0.2) is 4.98 Å². The van der Waals surface area contributed by atoms with Gasteiger partial charge in [0, 0.05) is 32.5 Å². The Hall–Kier alpha value is -2.35. The first-order chi connectivity index (χ1) is 13.3. The van der Waals surface area contributed by atoms with Gasteiger partial charge in [0.25, 0.3) is 0 Å². The summed E-state index contributed by atoms with van der Waals surface area (Å²) in [4.78, 5) is 8.81. The molecule has 2 aromatic carbocycles. The second-order valence-corrected chi connectivity index (χ2v) is 6.36. The minimum Gasteiger partial charge on any atom is -0.352 e. The number of guanidine groups is 1. The summed E-state index contributed by atoms with van der Waals surface area (Å²) in [5, 5.41) is 6.76. The summed E-state index contributed by atoms with van der Waals surface area (Å²) in [5.41, 5.74) is 3.92. The molecule has 0 saturated heterocycles. The van der Waals surface area contributed by atoms with E-state index in [0.29, 0.717) is 6.54 Å². The number of aliphatic imine (C=N–C) groups is 1. The number of rotatable bonds is 7. The van der Waals surface area contributed by atoms with Crippen molar-refractivity contribution in [1.29, 1.82) is 0 Å². The molecule has 0 aliphatic heterocycles. The summed E-state index contributed by atoms with van der Waals surface area (Å²) in [6.45, 7) is 4.36. The highest BCUT2D eigenvalue weighted by Gasteiger charge is 2.06. The van der Waals surface area contributed by atoms with E-state index in [1.165, 1.54) is 16.7 Å². The van der Waals surface area contributed by atoms with Crippen LogP contribution in [0, 0.1) is 0 Å². The maximum atomic E-state index is 4.48. The van der Waals surface area contributed by atoms with Crippen LogP contribution >= 0.6 is 24.0 Å². The normalized spacial score (nSPS) is 11.0. The standard InChI is InChI=1S/C22H27N5.HI/c1-3-19-11-7-8-12-20(19)15-25-22(23-2)26-16-21-24-13-14-27(21)17-18-9-5-4-6-10-18;/h4-14H,3,15-17H2,1-2H3,(H2,23,25,26);1H. The molecule has 0 radical (unpaired) electrons. The third kappa shape index (κ3) is 6.09.